The van der Waals surface area contributed by atoms with E-state index in [-0.39, 0.29) is 16.7 Å². The van der Waals surface area contributed by atoms with E-state index in [4.69, 9.17) is 17.0 Å². The van der Waals surface area contributed by atoms with Gasteiger partial charge >= 0.3 is 6.18 Å². The second-order valence-corrected chi connectivity index (χ2v) is 10.4. The van der Waals surface area contributed by atoms with E-state index >= 15 is 0 Å². The third-order valence-corrected chi connectivity index (χ3v) is 7.72. The number of hydrogen-bond donors (Lipinski definition) is 0. The number of alkyl halides is 3. The van der Waals surface area contributed by atoms with Crippen molar-refractivity contribution in [3.63, 3.8) is 0 Å². The fourth-order valence-corrected chi connectivity index (χ4v) is 5.35. The van der Waals surface area contributed by atoms with E-state index in [0.717, 1.165) is 94.3 Å². The monoisotopic (exact) mass is 550 g/mol. The molecule has 2 aliphatic heterocycles. The standard InChI is InChI=1S/C27H33F3N4O3S/c1-20-19-24(8-9-25(20)34(35)36)37-23-10-13-33(14-11-23)26(38)3-2-12-31-15-17-32(18-16-31)22-6-4-21(5-7-22)27(28,29)30/h4-9,19,23H,2-3,10-18H2,1H3. The molecule has 2 aliphatic rings. The Kier molecular flexibility index (Phi) is 9.09. The Morgan fingerprint density at radius 2 is 1.71 bits per heavy atom. The minimum Gasteiger partial charge on any atom is -0.490 e. The van der Waals surface area contributed by atoms with E-state index in [2.05, 4.69) is 14.7 Å². The largest absolute Gasteiger partial charge is 0.490 e. The maximum atomic E-state index is 12.8. The first-order valence-electron chi connectivity index (χ1n) is 12.9. The Bertz CT molecular complexity index is 1110. The molecule has 206 valence electrons. The normalized spacial score (nSPS) is 17.5. The molecule has 7 nitrogen and oxygen atoms in total. The zero-order valence-electron chi connectivity index (χ0n) is 21.5. The van der Waals surface area contributed by atoms with Gasteiger partial charge in [-0.05, 0) is 62.7 Å². The topological polar surface area (TPSA) is 62.1 Å². The van der Waals surface area contributed by atoms with Crippen LogP contribution >= 0.6 is 12.2 Å². The van der Waals surface area contributed by atoms with Gasteiger partial charge < -0.3 is 14.5 Å². The molecule has 2 saturated heterocycles. The molecule has 2 fully saturated rings. The van der Waals surface area contributed by atoms with Crippen molar-refractivity contribution < 1.29 is 22.8 Å². The Morgan fingerprint density at radius 1 is 1.05 bits per heavy atom. The van der Waals surface area contributed by atoms with Crippen LogP contribution < -0.4 is 9.64 Å². The van der Waals surface area contributed by atoms with Crippen molar-refractivity contribution in [1.82, 2.24) is 9.80 Å². The fourth-order valence-electron chi connectivity index (χ4n) is 5.02. The Morgan fingerprint density at radius 3 is 2.29 bits per heavy atom. The number of piperazine rings is 1. The number of nitro benzene ring substituents is 1. The van der Waals surface area contributed by atoms with Gasteiger partial charge in [0.25, 0.3) is 5.69 Å². The van der Waals surface area contributed by atoms with Crippen molar-refractivity contribution in [2.75, 3.05) is 50.7 Å². The lowest BCUT2D eigenvalue weighted by molar-refractivity contribution is -0.385. The predicted molar refractivity (Wildman–Crippen MR) is 145 cm³/mol. The maximum absolute atomic E-state index is 12.8. The van der Waals surface area contributed by atoms with Crippen LogP contribution in [0.4, 0.5) is 24.5 Å². The third kappa shape index (κ3) is 7.35. The average Bonchev–Trinajstić information content (AvgIpc) is 2.89. The Balaban J connectivity index is 1.13. The lowest BCUT2D eigenvalue weighted by Crippen LogP contribution is -2.47. The smallest absolute Gasteiger partial charge is 0.416 e. The molecule has 11 heteroatoms. The van der Waals surface area contributed by atoms with Crippen molar-refractivity contribution in [2.24, 2.45) is 0 Å². The summed E-state index contributed by atoms with van der Waals surface area (Å²) in [5, 5.41) is 11.0. The van der Waals surface area contributed by atoms with Crippen LogP contribution in [0.2, 0.25) is 0 Å². The van der Waals surface area contributed by atoms with Gasteiger partial charge in [-0.25, -0.2) is 0 Å². The number of nitrogens with zero attached hydrogens (tertiary/aromatic N) is 4. The SMILES string of the molecule is Cc1cc(OC2CCN(C(=S)CCCN3CCN(c4ccc(C(F)(F)F)cc4)CC3)CC2)ccc1[N+](=O)[O-]. The highest BCUT2D eigenvalue weighted by molar-refractivity contribution is 7.80. The molecule has 0 unspecified atom stereocenters. The molecule has 0 aliphatic carbocycles. The molecule has 2 heterocycles. The van der Waals surface area contributed by atoms with Crippen LogP contribution in [0.5, 0.6) is 5.75 Å². The number of anilines is 1. The molecule has 2 aromatic carbocycles. The highest BCUT2D eigenvalue weighted by Crippen LogP contribution is 2.31. The van der Waals surface area contributed by atoms with Gasteiger partial charge in [0, 0.05) is 69.4 Å². The lowest BCUT2D eigenvalue weighted by Gasteiger charge is -2.36. The summed E-state index contributed by atoms with van der Waals surface area (Å²) >= 11 is 5.70. The van der Waals surface area contributed by atoms with Gasteiger partial charge in [0.05, 0.1) is 15.5 Å². The molecule has 2 aromatic rings. The molecule has 0 N–H and O–H groups in total. The number of likely N-dealkylation sites (tertiary alicyclic amines) is 1. The Labute approximate surface area is 226 Å². The summed E-state index contributed by atoms with van der Waals surface area (Å²) in [4.78, 5) is 18.3. The second-order valence-electron chi connectivity index (χ2n) is 9.88. The number of aryl methyl sites for hydroxylation is 1. The zero-order chi connectivity index (χ0) is 27.3. The van der Waals surface area contributed by atoms with Crippen LogP contribution in [0.1, 0.15) is 36.8 Å². The first kappa shape index (κ1) is 28.1. The van der Waals surface area contributed by atoms with Gasteiger partial charge in [-0.3, -0.25) is 15.0 Å². The number of rotatable bonds is 8. The molecule has 0 saturated carbocycles. The molecule has 0 aromatic heterocycles. The molecule has 0 bridgehead atoms. The van der Waals surface area contributed by atoms with Crippen LogP contribution in [0, 0.1) is 17.0 Å². The molecule has 0 radical (unpaired) electrons. The van der Waals surface area contributed by atoms with Gasteiger partial charge in [0.1, 0.15) is 11.9 Å². The minimum absolute atomic E-state index is 0.0656. The van der Waals surface area contributed by atoms with E-state index in [1.807, 2.05) is 0 Å². The summed E-state index contributed by atoms with van der Waals surface area (Å²) in [6, 6.07) is 10.3. The van der Waals surface area contributed by atoms with Crippen molar-refractivity contribution >= 4 is 28.6 Å². The lowest BCUT2D eigenvalue weighted by atomic mass is 10.1. The van der Waals surface area contributed by atoms with Crippen molar-refractivity contribution in [3.8, 4) is 5.75 Å². The summed E-state index contributed by atoms with van der Waals surface area (Å²) in [7, 11) is 0. The van der Waals surface area contributed by atoms with Crippen molar-refractivity contribution in [3.05, 3.63) is 63.7 Å². The van der Waals surface area contributed by atoms with E-state index in [1.54, 1.807) is 31.2 Å². The molecular weight excluding hydrogens is 517 g/mol. The summed E-state index contributed by atoms with van der Waals surface area (Å²) in [5.74, 6) is 0.660. The molecular formula is C27H33F3N4O3S. The second kappa shape index (κ2) is 12.3. The number of piperidine rings is 1. The Hall–Kier alpha value is -2.92. The summed E-state index contributed by atoms with van der Waals surface area (Å²) in [6.45, 7) is 7.65. The number of hydrogen-bond acceptors (Lipinski definition) is 6. The van der Waals surface area contributed by atoms with Gasteiger partial charge in [-0.1, -0.05) is 12.2 Å². The van der Waals surface area contributed by atoms with E-state index in [1.165, 1.54) is 6.07 Å². The van der Waals surface area contributed by atoms with Crippen LogP contribution in [0.25, 0.3) is 0 Å². The minimum atomic E-state index is -4.31. The van der Waals surface area contributed by atoms with Gasteiger partial charge in [0.2, 0.25) is 0 Å². The van der Waals surface area contributed by atoms with E-state index in [9.17, 15) is 23.3 Å². The molecule has 4 rings (SSSR count). The van der Waals surface area contributed by atoms with E-state index in [0.29, 0.717) is 11.3 Å². The van der Waals surface area contributed by atoms with Gasteiger partial charge in [-0.2, -0.15) is 13.2 Å². The van der Waals surface area contributed by atoms with Crippen LogP contribution in [0.3, 0.4) is 0 Å². The summed E-state index contributed by atoms with van der Waals surface area (Å²) < 4.78 is 44.4. The average molecular weight is 551 g/mol. The molecule has 38 heavy (non-hydrogen) atoms. The number of halogens is 3. The molecule has 0 atom stereocenters. The van der Waals surface area contributed by atoms with Crippen molar-refractivity contribution in [1.29, 1.82) is 0 Å². The zero-order valence-corrected chi connectivity index (χ0v) is 22.3. The van der Waals surface area contributed by atoms with Crippen LogP contribution in [-0.4, -0.2) is 71.6 Å². The summed E-state index contributed by atoms with van der Waals surface area (Å²) in [5.41, 5.74) is 0.896. The maximum Gasteiger partial charge on any atom is 0.416 e. The number of ether oxygens (including phenoxy) is 1. The number of benzene rings is 2. The summed E-state index contributed by atoms with van der Waals surface area (Å²) in [6.07, 6.45) is -0.727. The first-order valence-corrected chi connectivity index (χ1v) is 13.3. The highest BCUT2D eigenvalue weighted by Gasteiger charge is 2.30. The van der Waals surface area contributed by atoms with Gasteiger partial charge in [0.15, 0.2) is 0 Å². The quantitative estimate of drug-likeness (QED) is 0.238. The number of thiocarbonyl (C=S) groups is 1. The van der Waals surface area contributed by atoms with E-state index < -0.39 is 11.7 Å². The third-order valence-electron chi connectivity index (χ3n) is 7.26. The van der Waals surface area contributed by atoms with Crippen molar-refractivity contribution in [2.45, 2.75) is 44.9 Å². The number of nitro groups is 1. The molecule has 0 spiro atoms. The van der Waals surface area contributed by atoms with Gasteiger partial charge in [-0.15, -0.1) is 0 Å². The van der Waals surface area contributed by atoms with Crippen LogP contribution in [-0.2, 0) is 6.18 Å². The highest BCUT2D eigenvalue weighted by atomic mass is 32.1. The fraction of sp³-hybridized carbons (Fsp3) is 0.519. The predicted octanol–water partition coefficient (Wildman–Crippen LogP) is 5.70. The molecule has 0 amide bonds. The van der Waals surface area contributed by atoms with Crippen LogP contribution in [0.15, 0.2) is 42.5 Å². The first-order chi connectivity index (χ1) is 18.1.